The van der Waals surface area contributed by atoms with Crippen molar-refractivity contribution in [1.29, 1.82) is 0 Å². The molecule has 1 aromatic carbocycles. The number of aliphatic hydroxyl groups is 1. The average molecular weight is 482 g/mol. The average Bonchev–Trinajstić information content (AvgIpc) is 3.51. The monoisotopic (exact) mass is 481 g/mol. The lowest BCUT2D eigenvalue weighted by Gasteiger charge is -2.16. The van der Waals surface area contributed by atoms with Gasteiger partial charge in [0, 0.05) is 23.6 Å². The van der Waals surface area contributed by atoms with Gasteiger partial charge < -0.3 is 20.1 Å². The molecule has 0 spiro atoms. The summed E-state index contributed by atoms with van der Waals surface area (Å²) in [5, 5.41) is 16.9. The van der Waals surface area contributed by atoms with Gasteiger partial charge in [-0.3, -0.25) is 9.59 Å². The van der Waals surface area contributed by atoms with Crippen molar-refractivity contribution in [3.05, 3.63) is 75.0 Å². The third-order valence-electron chi connectivity index (χ3n) is 6.14. The van der Waals surface area contributed by atoms with E-state index in [0.29, 0.717) is 29.6 Å². The van der Waals surface area contributed by atoms with Crippen LogP contribution in [0.15, 0.2) is 47.3 Å². The summed E-state index contributed by atoms with van der Waals surface area (Å²) in [6, 6.07) is 6.33. The summed E-state index contributed by atoms with van der Waals surface area (Å²) in [7, 11) is 0. The van der Waals surface area contributed by atoms with E-state index in [2.05, 4.69) is 26.5 Å². The van der Waals surface area contributed by atoms with E-state index in [0.717, 1.165) is 31.3 Å². The molecule has 2 aliphatic carbocycles. The Labute approximate surface area is 200 Å². The Balaban J connectivity index is 1.34. The molecule has 176 valence electrons. The molecular formula is C24H24ClN5O4. The van der Waals surface area contributed by atoms with Crippen LogP contribution in [0.2, 0.25) is 5.02 Å². The van der Waals surface area contributed by atoms with Crippen LogP contribution in [0.25, 0.3) is 11.4 Å². The van der Waals surface area contributed by atoms with Crippen molar-refractivity contribution in [3.63, 3.8) is 0 Å². The Kier molecular flexibility index (Phi) is 5.97. The highest BCUT2D eigenvalue weighted by Gasteiger charge is 2.42. The molecule has 0 radical (unpaired) electrons. The highest BCUT2D eigenvalue weighted by atomic mass is 35.5. The van der Waals surface area contributed by atoms with Crippen LogP contribution >= 0.6 is 11.6 Å². The number of aliphatic hydroxyl groups excluding tert-OH is 1. The van der Waals surface area contributed by atoms with Gasteiger partial charge in [0.05, 0.1) is 22.9 Å². The number of H-pyrrole nitrogens is 1. The van der Waals surface area contributed by atoms with E-state index in [4.69, 9.17) is 16.3 Å². The van der Waals surface area contributed by atoms with Crippen LogP contribution in [-0.2, 0) is 6.61 Å². The summed E-state index contributed by atoms with van der Waals surface area (Å²) >= 11 is 6.30. The van der Waals surface area contributed by atoms with E-state index in [9.17, 15) is 14.7 Å². The molecule has 0 saturated heterocycles. The van der Waals surface area contributed by atoms with Gasteiger partial charge >= 0.3 is 0 Å². The highest BCUT2D eigenvalue weighted by Crippen LogP contribution is 2.44. The number of benzene rings is 1. The molecule has 3 N–H and O–H groups in total. The first kappa shape index (κ1) is 22.4. The smallest absolute Gasteiger partial charge is 0.276 e. The summed E-state index contributed by atoms with van der Waals surface area (Å²) < 4.78 is 7.10. The SMILES string of the molecule is O=C(NCC1(CO)CC1)c1c(Cl)cccc1OCc1cc(=O)n2nc(C3=CCCC=C3)nc2[nH]1. The summed E-state index contributed by atoms with van der Waals surface area (Å²) in [6.07, 6.45) is 9.68. The molecule has 1 saturated carbocycles. The number of allylic oxidation sites excluding steroid dienone is 4. The fraction of sp³-hybridized carbons (Fsp3) is 0.333. The lowest BCUT2D eigenvalue weighted by Crippen LogP contribution is -2.32. The number of carbonyl (C=O) groups is 1. The van der Waals surface area contributed by atoms with E-state index in [1.54, 1.807) is 18.2 Å². The summed E-state index contributed by atoms with van der Waals surface area (Å²) in [6.45, 7) is 0.405. The molecular weight excluding hydrogens is 458 g/mol. The van der Waals surface area contributed by atoms with Gasteiger partial charge in [-0.25, -0.2) is 0 Å². The maximum Gasteiger partial charge on any atom is 0.276 e. The van der Waals surface area contributed by atoms with Crippen LogP contribution in [0.1, 0.15) is 47.6 Å². The number of carbonyl (C=O) groups excluding carboxylic acids is 1. The third kappa shape index (κ3) is 4.49. The molecule has 3 aromatic rings. The number of fused-ring (bicyclic) bond motifs is 1. The van der Waals surface area contributed by atoms with E-state index < -0.39 is 0 Å². The number of amides is 1. The zero-order chi connectivity index (χ0) is 23.7. The molecule has 2 heterocycles. The maximum absolute atomic E-state index is 12.8. The topological polar surface area (TPSA) is 122 Å². The van der Waals surface area contributed by atoms with E-state index in [-0.39, 0.29) is 40.7 Å². The molecule has 1 fully saturated rings. The number of nitrogens with zero attached hydrogens (tertiary/aromatic N) is 3. The van der Waals surface area contributed by atoms with Crippen molar-refractivity contribution in [2.24, 2.45) is 5.41 Å². The first-order valence-electron chi connectivity index (χ1n) is 11.1. The fourth-order valence-electron chi connectivity index (χ4n) is 3.84. The molecule has 10 heteroatoms. The van der Waals surface area contributed by atoms with Crippen LogP contribution in [0.3, 0.4) is 0 Å². The molecule has 0 bridgehead atoms. The third-order valence-corrected chi connectivity index (χ3v) is 6.46. The summed E-state index contributed by atoms with van der Waals surface area (Å²) in [5.41, 5.74) is 1.00. The second-order valence-corrected chi connectivity index (χ2v) is 9.09. The number of ether oxygens (including phenoxy) is 1. The summed E-state index contributed by atoms with van der Waals surface area (Å²) in [5.74, 6) is 0.704. The minimum atomic E-state index is -0.375. The van der Waals surface area contributed by atoms with Crippen LogP contribution in [0.5, 0.6) is 5.75 Å². The van der Waals surface area contributed by atoms with Gasteiger partial charge in [-0.1, -0.05) is 35.9 Å². The molecule has 2 aliphatic rings. The van der Waals surface area contributed by atoms with Crippen LogP contribution in [0.4, 0.5) is 0 Å². The van der Waals surface area contributed by atoms with Gasteiger partial charge in [0.15, 0.2) is 5.82 Å². The van der Waals surface area contributed by atoms with Crippen molar-refractivity contribution in [1.82, 2.24) is 24.9 Å². The number of halogens is 1. The molecule has 0 atom stereocenters. The van der Waals surface area contributed by atoms with E-state index in [1.165, 1.54) is 10.6 Å². The maximum atomic E-state index is 12.8. The Morgan fingerprint density at radius 3 is 2.91 bits per heavy atom. The molecule has 1 amide bonds. The first-order chi connectivity index (χ1) is 16.5. The van der Waals surface area contributed by atoms with Crippen molar-refractivity contribution in [2.75, 3.05) is 13.2 Å². The molecule has 34 heavy (non-hydrogen) atoms. The van der Waals surface area contributed by atoms with Gasteiger partial charge in [-0.2, -0.15) is 9.50 Å². The molecule has 5 rings (SSSR count). The number of hydrogen-bond acceptors (Lipinski definition) is 6. The Morgan fingerprint density at radius 1 is 1.32 bits per heavy atom. The van der Waals surface area contributed by atoms with Crippen LogP contribution < -0.4 is 15.6 Å². The largest absolute Gasteiger partial charge is 0.486 e. The van der Waals surface area contributed by atoms with Gasteiger partial charge in [-0.05, 0) is 37.8 Å². The molecule has 9 nitrogen and oxygen atoms in total. The zero-order valence-electron chi connectivity index (χ0n) is 18.4. The Bertz CT molecular complexity index is 1370. The standard InChI is InChI=1S/C24H24ClN5O4/c25-17-7-4-8-18(20(17)22(33)26-13-24(14-31)9-10-24)34-12-16-11-19(32)30-23(27-16)28-21(29-30)15-5-2-1-3-6-15/h2,4-8,11,31H,1,3,9-10,12-14H2,(H,26,33)(H,27,28,29). The number of aromatic amines is 1. The minimum absolute atomic E-state index is 0.00225. The number of rotatable bonds is 8. The normalized spacial score (nSPS) is 16.4. The fourth-order valence-corrected chi connectivity index (χ4v) is 4.09. The first-order valence-corrected chi connectivity index (χ1v) is 11.5. The second kappa shape index (κ2) is 9.08. The predicted octanol–water partition coefficient (Wildman–Crippen LogP) is 2.89. The molecule has 0 aliphatic heterocycles. The highest BCUT2D eigenvalue weighted by molar-refractivity contribution is 6.34. The lowest BCUT2D eigenvalue weighted by molar-refractivity contribution is 0.0930. The van der Waals surface area contributed by atoms with Gasteiger partial charge in [0.25, 0.3) is 11.5 Å². The number of nitrogens with one attached hydrogen (secondary N) is 2. The summed E-state index contributed by atoms with van der Waals surface area (Å²) in [4.78, 5) is 32.9. The second-order valence-electron chi connectivity index (χ2n) is 8.69. The quantitative estimate of drug-likeness (QED) is 0.455. The van der Waals surface area contributed by atoms with Crippen LogP contribution in [-0.4, -0.2) is 43.7 Å². The van der Waals surface area contributed by atoms with Gasteiger partial charge in [0.2, 0.25) is 5.78 Å². The van der Waals surface area contributed by atoms with E-state index >= 15 is 0 Å². The Hall–Kier alpha value is -3.43. The van der Waals surface area contributed by atoms with Crippen molar-refractivity contribution >= 4 is 28.9 Å². The lowest BCUT2D eigenvalue weighted by atomic mass is 10.1. The van der Waals surface area contributed by atoms with Crippen molar-refractivity contribution in [3.8, 4) is 5.75 Å². The van der Waals surface area contributed by atoms with E-state index in [1.807, 2.05) is 12.2 Å². The Morgan fingerprint density at radius 2 is 2.18 bits per heavy atom. The van der Waals surface area contributed by atoms with Crippen LogP contribution in [0, 0.1) is 5.41 Å². The van der Waals surface area contributed by atoms with Crippen molar-refractivity contribution in [2.45, 2.75) is 32.3 Å². The van der Waals surface area contributed by atoms with Crippen molar-refractivity contribution < 1.29 is 14.6 Å². The molecule has 0 unspecified atom stereocenters. The zero-order valence-corrected chi connectivity index (χ0v) is 19.1. The number of aromatic nitrogens is 4. The number of hydrogen-bond donors (Lipinski definition) is 3. The minimum Gasteiger partial charge on any atom is -0.486 e. The molecule has 2 aromatic heterocycles. The predicted molar refractivity (Wildman–Crippen MR) is 127 cm³/mol. The van der Waals surface area contributed by atoms with Gasteiger partial charge in [0.1, 0.15) is 12.4 Å². The van der Waals surface area contributed by atoms with Gasteiger partial charge in [-0.15, -0.1) is 5.10 Å².